The average molecular weight is 308 g/mol. The molecule has 1 aromatic heterocycles. The Balaban J connectivity index is 2.41. The van der Waals surface area contributed by atoms with Crippen LogP contribution in [0.1, 0.15) is 29.5 Å². The molecule has 4 nitrogen and oxygen atoms in total. The van der Waals surface area contributed by atoms with Crippen molar-refractivity contribution in [3.63, 3.8) is 0 Å². The highest BCUT2D eigenvalue weighted by atomic mass is 79.9. The number of hydrogen-bond donors (Lipinski definition) is 1. The molecule has 0 bridgehead atoms. The highest BCUT2D eigenvalue weighted by molar-refractivity contribution is 9.10. The summed E-state index contributed by atoms with van der Waals surface area (Å²) in [7, 11) is 0. The first-order valence-corrected chi connectivity index (χ1v) is 6.53. The molecule has 0 amide bonds. The molecule has 2 N–H and O–H groups in total. The van der Waals surface area contributed by atoms with Gasteiger partial charge in [-0.25, -0.2) is 4.98 Å². The third-order valence-corrected chi connectivity index (χ3v) is 3.14. The van der Waals surface area contributed by atoms with Gasteiger partial charge in [-0.3, -0.25) is 4.79 Å². The Labute approximate surface area is 114 Å². The molecule has 2 rings (SSSR count). The smallest absolute Gasteiger partial charge is 0.230 e. The molecule has 0 atom stereocenters. The molecule has 0 unspecified atom stereocenters. The number of aromatic nitrogens is 2. The van der Waals surface area contributed by atoms with E-state index in [2.05, 4.69) is 27.8 Å². The van der Waals surface area contributed by atoms with Gasteiger partial charge in [0.1, 0.15) is 0 Å². The number of hydrogen-bond acceptors (Lipinski definition) is 3. The van der Waals surface area contributed by atoms with Crippen molar-refractivity contribution in [1.29, 1.82) is 0 Å². The number of aryl methyl sites for hydroxylation is 1. The lowest BCUT2D eigenvalue weighted by Crippen LogP contribution is -2.13. The minimum atomic E-state index is -0.146. The van der Waals surface area contributed by atoms with Crippen LogP contribution in [0.15, 0.2) is 35.1 Å². The maximum Gasteiger partial charge on any atom is 0.230 e. The molecular formula is C13H14BrN3O. The third-order valence-electron chi connectivity index (χ3n) is 2.64. The summed E-state index contributed by atoms with van der Waals surface area (Å²) >= 11 is 3.34. The number of nitrogen functional groups attached to an aromatic ring is 1. The van der Waals surface area contributed by atoms with E-state index in [4.69, 9.17) is 5.73 Å². The monoisotopic (exact) mass is 307 g/mol. The summed E-state index contributed by atoms with van der Waals surface area (Å²) in [6, 6.07) is 5.25. The second-order valence-corrected chi connectivity index (χ2v) is 4.92. The van der Waals surface area contributed by atoms with Crippen molar-refractivity contribution in [2.24, 2.45) is 0 Å². The van der Waals surface area contributed by atoms with Crippen LogP contribution in [0, 0.1) is 0 Å². The Morgan fingerprint density at radius 1 is 1.50 bits per heavy atom. The normalized spacial score (nSPS) is 10.6. The van der Waals surface area contributed by atoms with E-state index in [0.29, 0.717) is 17.1 Å². The number of benzene rings is 1. The van der Waals surface area contributed by atoms with E-state index >= 15 is 0 Å². The molecule has 0 spiro atoms. The molecule has 1 aromatic carbocycles. The third kappa shape index (κ3) is 2.46. The van der Waals surface area contributed by atoms with Gasteiger partial charge in [0, 0.05) is 34.7 Å². The summed E-state index contributed by atoms with van der Waals surface area (Å²) in [6.07, 6.45) is 4.40. The van der Waals surface area contributed by atoms with Crippen LogP contribution in [-0.4, -0.2) is 15.3 Å². The molecule has 2 aromatic rings. The summed E-state index contributed by atoms with van der Waals surface area (Å²) in [4.78, 5) is 16.5. The van der Waals surface area contributed by atoms with Crippen LogP contribution in [0.25, 0.3) is 0 Å². The number of anilines is 1. The van der Waals surface area contributed by atoms with Crippen LogP contribution in [0.5, 0.6) is 0 Å². The van der Waals surface area contributed by atoms with E-state index in [1.165, 1.54) is 0 Å². The highest BCUT2D eigenvalue weighted by Gasteiger charge is 2.17. The lowest BCUT2D eigenvalue weighted by Gasteiger charge is -2.07. The van der Waals surface area contributed by atoms with Gasteiger partial charge in [-0.2, -0.15) is 0 Å². The van der Waals surface area contributed by atoms with Gasteiger partial charge >= 0.3 is 0 Å². The highest BCUT2D eigenvalue weighted by Crippen LogP contribution is 2.21. The lowest BCUT2D eigenvalue weighted by molar-refractivity contribution is 0.102. The first kappa shape index (κ1) is 12.8. The van der Waals surface area contributed by atoms with Crippen LogP contribution >= 0.6 is 15.9 Å². The second kappa shape index (κ2) is 5.35. The van der Waals surface area contributed by atoms with Crippen molar-refractivity contribution >= 4 is 27.4 Å². The quantitative estimate of drug-likeness (QED) is 0.698. The first-order chi connectivity index (χ1) is 8.63. The standard InChI is InChI=1S/C13H14BrN3O/c1-2-6-17-7-5-16-13(17)12(18)10-8-9(14)3-4-11(10)15/h3-5,7-8H,2,6,15H2,1H3. The average Bonchev–Trinajstić information content (AvgIpc) is 2.80. The van der Waals surface area contributed by atoms with Crippen molar-refractivity contribution < 1.29 is 4.79 Å². The molecule has 0 aliphatic heterocycles. The molecule has 0 aliphatic rings. The van der Waals surface area contributed by atoms with Crippen LogP contribution in [0.2, 0.25) is 0 Å². The molecule has 5 heteroatoms. The molecule has 18 heavy (non-hydrogen) atoms. The Bertz CT molecular complexity index is 577. The number of halogens is 1. The van der Waals surface area contributed by atoms with Crippen LogP contribution in [-0.2, 0) is 6.54 Å². The van der Waals surface area contributed by atoms with Gasteiger partial charge in [-0.15, -0.1) is 0 Å². The summed E-state index contributed by atoms with van der Waals surface area (Å²) in [5.74, 6) is 0.286. The molecule has 0 saturated carbocycles. The summed E-state index contributed by atoms with van der Waals surface area (Å²) in [5, 5.41) is 0. The zero-order chi connectivity index (χ0) is 13.1. The predicted molar refractivity (Wildman–Crippen MR) is 74.5 cm³/mol. The van der Waals surface area contributed by atoms with Crippen molar-refractivity contribution in [3.05, 3.63) is 46.5 Å². The summed E-state index contributed by atoms with van der Waals surface area (Å²) in [6.45, 7) is 2.83. The maximum atomic E-state index is 12.4. The lowest BCUT2D eigenvalue weighted by atomic mass is 10.1. The number of carbonyl (C=O) groups excluding carboxylic acids is 1. The fourth-order valence-electron chi connectivity index (χ4n) is 1.79. The van der Waals surface area contributed by atoms with Crippen molar-refractivity contribution in [2.75, 3.05) is 5.73 Å². The van der Waals surface area contributed by atoms with Gasteiger partial charge in [0.25, 0.3) is 0 Å². The van der Waals surface area contributed by atoms with Gasteiger partial charge in [0.15, 0.2) is 5.82 Å². The summed E-state index contributed by atoms with van der Waals surface area (Å²) < 4.78 is 2.68. The molecule has 0 fully saturated rings. The molecule has 94 valence electrons. The fourth-order valence-corrected chi connectivity index (χ4v) is 2.15. The van der Waals surface area contributed by atoms with Crippen molar-refractivity contribution in [1.82, 2.24) is 9.55 Å². The van der Waals surface area contributed by atoms with Gasteiger partial charge in [-0.05, 0) is 24.6 Å². The Hall–Kier alpha value is -1.62. The molecule has 0 radical (unpaired) electrons. The van der Waals surface area contributed by atoms with E-state index in [1.54, 1.807) is 18.3 Å². The zero-order valence-corrected chi connectivity index (χ0v) is 11.6. The van der Waals surface area contributed by atoms with E-state index in [-0.39, 0.29) is 5.78 Å². The minimum absolute atomic E-state index is 0.146. The number of ketones is 1. The van der Waals surface area contributed by atoms with E-state index in [1.807, 2.05) is 16.8 Å². The molecular weight excluding hydrogens is 294 g/mol. The number of nitrogens with zero attached hydrogens (tertiary/aromatic N) is 2. The van der Waals surface area contributed by atoms with E-state index in [9.17, 15) is 4.79 Å². The van der Waals surface area contributed by atoms with Crippen LogP contribution in [0.4, 0.5) is 5.69 Å². The molecule has 0 saturated heterocycles. The Kier molecular flexibility index (Phi) is 3.81. The van der Waals surface area contributed by atoms with E-state index < -0.39 is 0 Å². The van der Waals surface area contributed by atoms with E-state index in [0.717, 1.165) is 17.4 Å². The Morgan fingerprint density at radius 2 is 2.28 bits per heavy atom. The topological polar surface area (TPSA) is 60.9 Å². The fraction of sp³-hybridized carbons (Fsp3) is 0.231. The van der Waals surface area contributed by atoms with Gasteiger partial charge < -0.3 is 10.3 Å². The number of imidazole rings is 1. The van der Waals surface area contributed by atoms with Gasteiger partial charge in [0.2, 0.25) is 5.78 Å². The molecule has 1 heterocycles. The largest absolute Gasteiger partial charge is 0.398 e. The predicted octanol–water partition coefficient (Wildman–Crippen LogP) is 2.87. The maximum absolute atomic E-state index is 12.4. The SMILES string of the molecule is CCCn1ccnc1C(=O)c1cc(Br)ccc1N. The number of nitrogens with two attached hydrogens (primary N) is 1. The second-order valence-electron chi connectivity index (χ2n) is 4.00. The number of rotatable bonds is 4. The molecule has 0 aliphatic carbocycles. The minimum Gasteiger partial charge on any atom is -0.398 e. The summed E-state index contributed by atoms with van der Waals surface area (Å²) in [5.41, 5.74) is 6.79. The Morgan fingerprint density at radius 3 is 3.00 bits per heavy atom. The van der Waals surface area contributed by atoms with Crippen molar-refractivity contribution in [3.8, 4) is 0 Å². The van der Waals surface area contributed by atoms with Crippen LogP contribution in [0.3, 0.4) is 0 Å². The van der Waals surface area contributed by atoms with Gasteiger partial charge in [0.05, 0.1) is 0 Å². The first-order valence-electron chi connectivity index (χ1n) is 5.74. The zero-order valence-electron chi connectivity index (χ0n) is 10.1. The van der Waals surface area contributed by atoms with Crippen molar-refractivity contribution in [2.45, 2.75) is 19.9 Å². The van der Waals surface area contributed by atoms with Crippen LogP contribution < -0.4 is 5.73 Å². The van der Waals surface area contributed by atoms with Gasteiger partial charge in [-0.1, -0.05) is 22.9 Å². The number of carbonyl (C=O) groups is 1.